The van der Waals surface area contributed by atoms with Crippen molar-refractivity contribution in [2.75, 3.05) is 44.2 Å². The minimum absolute atomic E-state index is 0.243. The zero-order valence-corrected chi connectivity index (χ0v) is 15.7. The summed E-state index contributed by atoms with van der Waals surface area (Å²) in [5.74, 6) is 0.505. The molecule has 2 aromatic rings. The van der Waals surface area contributed by atoms with Gasteiger partial charge in [0, 0.05) is 38.4 Å². The SMILES string of the molecule is CCNC(=NCC(O)c1ccc(F)cc1)N1CCN(c2ccccc2)CC1. The summed E-state index contributed by atoms with van der Waals surface area (Å²) in [4.78, 5) is 9.19. The lowest BCUT2D eigenvalue weighted by atomic mass is 10.1. The Balaban J connectivity index is 1.60. The van der Waals surface area contributed by atoms with Crippen molar-refractivity contribution in [2.45, 2.75) is 13.0 Å². The molecule has 0 aromatic heterocycles. The Hall–Kier alpha value is -2.60. The Morgan fingerprint density at radius 1 is 1.07 bits per heavy atom. The van der Waals surface area contributed by atoms with Gasteiger partial charge in [0.05, 0.1) is 12.6 Å². The number of hydrogen-bond donors (Lipinski definition) is 2. The number of rotatable bonds is 5. The zero-order valence-electron chi connectivity index (χ0n) is 15.7. The molecule has 0 saturated carbocycles. The number of hydrogen-bond acceptors (Lipinski definition) is 3. The van der Waals surface area contributed by atoms with Gasteiger partial charge in [-0.2, -0.15) is 0 Å². The molecule has 1 atom stereocenters. The molecule has 27 heavy (non-hydrogen) atoms. The number of guanidine groups is 1. The van der Waals surface area contributed by atoms with E-state index in [0.717, 1.165) is 38.7 Å². The quantitative estimate of drug-likeness (QED) is 0.628. The number of aliphatic imine (C=N–C) groups is 1. The van der Waals surface area contributed by atoms with E-state index in [9.17, 15) is 9.50 Å². The molecule has 1 aliphatic heterocycles. The number of nitrogens with zero attached hydrogens (tertiary/aromatic N) is 3. The van der Waals surface area contributed by atoms with E-state index >= 15 is 0 Å². The van der Waals surface area contributed by atoms with E-state index in [-0.39, 0.29) is 12.4 Å². The summed E-state index contributed by atoms with van der Waals surface area (Å²) < 4.78 is 13.0. The normalized spacial score (nSPS) is 16.3. The minimum atomic E-state index is -0.745. The highest BCUT2D eigenvalue weighted by Crippen LogP contribution is 2.16. The lowest BCUT2D eigenvalue weighted by molar-refractivity contribution is 0.186. The first-order valence-corrected chi connectivity index (χ1v) is 9.44. The molecule has 5 nitrogen and oxygen atoms in total. The van der Waals surface area contributed by atoms with Gasteiger partial charge in [-0.05, 0) is 36.8 Å². The second-order valence-corrected chi connectivity index (χ2v) is 6.57. The molecule has 1 unspecified atom stereocenters. The van der Waals surface area contributed by atoms with Crippen LogP contribution in [0.2, 0.25) is 0 Å². The van der Waals surface area contributed by atoms with Crippen LogP contribution in [-0.2, 0) is 0 Å². The van der Waals surface area contributed by atoms with Gasteiger partial charge >= 0.3 is 0 Å². The van der Waals surface area contributed by atoms with Gasteiger partial charge in [-0.25, -0.2) is 4.39 Å². The van der Waals surface area contributed by atoms with Crippen molar-refractivity contribution < 1.29 is 9.50 Å². The van der Waals surface area contributed by atoms with E-state index in [1.807, 2.05) is 13.0 Å². The highest BCUT2D eigenvalue weighted by Gasteiger charge is 2.20. The topological polar surface area (TPSA) is 51.1 Å². The fourth-order valence-electron chi connectivity index (χ4n) is 3.20. The van der Waals surface area contributed by atoms with E-state index in [0.29, 0.717) is 5.56 Å². The molecule has 0 aliphatic carbocycles. The van der Waals surface area contributed by atoms with Crippen LogP contribution in [0.5, 0.6) is 0 Å². The van der Waals surface area contributed by atoms with Gasteiger partial charge in [-0.1, -0.05) is 30.3 Å². The van der Waals surface area contributed by atoms with Gasteiger partial charge in [-0.3, -0.25) is 4.99 Å². The number of para-hydroxylation sites is 1. The third-order valence-corrected chi connectivity index (χ3v) is 4.70. The van der Waals surface area contributed by atoms with Crippen LogP contribution in [-0.4, -0.2) is 55.2 Å². The first kappa shape index (κ1) is 19.2. The smallest absolute Gasteiger partial charge is 0.194 e. The standard InChI is InChI=1S/C21H27FN4O/c1-2-23-21(24-16-20(27)17-8-10-18(22)11-9-17)26-14-12-25(13-15-26)19-6-4-3-5-7-19/h3-11,20,27H,2,12-16H2,1H3,(H,23,24). The summed E-state index contributed by atoms with van der Waals surface area (Å²) in [5, 5.41) is 13.6. The average Bonchev–Trinajstić information content (AvgIpc) is 2.72. The molecule has 0 amide bonds. The first-order chi connectivity index (χ1) is 13.2. The molecular formula is C21H27FN4O. The van der Waals surface area contributed by atoms with Gasteiger partial charge < -0.3 is 20.2 Å². The zero-order chi connectivity index (χ0) is 19.1. The Labute approximate surface area is 160 Å². The fraction of sp³-hybridized carbons (Fsp3) is 0.381. The molecular weight excluding hydrogens is 343 g/mol. The second-order valence-electron chi connectivity index (χ2n) is 6.57. The Bertz CT molecular complexity index is 728. The Kier molecular flexibility index (Phi) is 6.65. The summed E-state index contributed by atoms with van der Waals surface area (Å²) >= 11 is 0. The van der Waals surface area contributed by atoms with Crippen LogP contribution in [0.15, 0.2) is 59.6 Å². The number of benzene rings is 2. The van der Waals surface area contributed by atoms with Gasteiger partial charge in [0.2, 0.25) is 0 Å². The van der Waals surface area contributed by atoms with Gasteiger partial charge in [0.1, 0.15) is 5.82 Å². The molecule has 0 bridgehead atoms. The van der Waals surface area contributed by atoms with Gasteiger partial charge in [0.25, 0.3) is 0 Å². The van der Waals surface area contributed by atoms with Crippen LogP contribution in [0, 0.1) is 5.82 Å². The van der Waals surface area contributed by atoms with Crippen molar-refractivity contribution in [3.05, 3.63) is 66.0 Å². The Morgan fingerprint density at radius 3 is 2.37 bits per heavy atom. The van der Waals surface area contributed by atoms with Crippen molar-refractivity contribution in [2.24, 2.45) is 4.99 Å². The summed E-state index contributed by atoms with van der Waals surface area (Å²) in [6, 6.07) is 16.3. The largest absolute Gasteiger partial charge is 0.386 e. The van der Waals surface area contributed by atoms with Crippen LogP contribution in [0.1, 0.15) is 18.6 Å². The molecule has 2 aromatic carbocycles. The summed E-state index contributed by atoms with van der Waals surface area (Å²) in [5.41, 5.74) is 1.91. The van der Waals surface area contributed by atoms with Crippen molar-refractivity contribution >= 4 is 11.6 Å². The molecule has 0 radical (unpaired) electrons. The Morgan fingerprint density at radius 2 is 1.74 bits per heavy atom. The predicted molar refractivity (Wildman–Crippen MR) is 108 cm³/mol. The third-order valence-electron chi connectivity index (χ3n) is 4.70. The van der Waals surface area contributed by atoms with Gasteiger partial charge in [-0.15, -0.1) is 0 Å². The number of piperazine rings is 1. The highest BCUT2D eigenvalue weighted by atomic mass is 19.1. The third kappa shape index (κ3) is 5.20. The molecule has 1 aliphatic rings. The van der Waals surface area contributed by atoms with Crippen molar-refractivity contribution in [3.8, 4) is 0 Å². The molecule has 6 heteroatoms. The maximum absolute atomic E-state index is 13.0. The number of nitrogens with one attached hydrogen (secondary N) is 1. The van der Waals surface area contributed by atoms with Gasteiger partial charge in [0.15, 0.2) is 5.96 Å². The van der Waals surface area contributed by atoms with Crippen LogP contribution < -0.4 is 10.2 Å². The average molecular weight is 370 g/mol. The monoisotopic (exact) mass is 370 g/mol. The summed E-state index contributed by atoms with van der Waals surface area (Å²) in [7, 11) is 0. The molecule has 1 heterocycles. The van der Waals surface area contributed by atoms with E-state index < -0.39 is 6.10 Å². The van der Waals surface area contributed by atoms with Crippen LogP contribution >= 0.6 is 0 Å². The van der Waals surface area contributed by atoms with Crippen LogP contribution in [0.4, 0.5) is 10.1 Å². The molecule has 144 valence electrons. The maximum atomic E-state index is 13.0. The second kappa shape index (κ2) is 9.37. The summed E-state index contributed by atoms with van der Waals surface area (Å²) in [6.45, 7) is 6.63. The van der Waals surface area contributed by atoms with Crippen molar-refractivity contribution in [1.29, 1.82) is 0 Å². The van der Waals surface area contributed by atoms with E-state index in [2.05, 4.69) is 44.4 Å². The molecule has 1 fully saturated rings. The van der Waals surface area contributed by atoms with E-state index in [1.165, 1.54) is 17.8 Å². The molecule has 1 saturated heterocycles. The number of aliphatic hydroxyl groups is 1. The first-order valence-electron chi connectivity index (χ1n) is 9.44. The summed E-state index contributed by atoms with van der Waals surface area (Å²) in [6.07, 6.45) is -0.745. The van der Waals surface area contributed by atoms with Crippen molar-refractivity contribution in [1.82, 2.24) is 10.2 Å². The number of aliphatic hydroxyl groups excluding tert-OH is 1. The van der Waals surface area contributed by atoms with Crippen LogP contribution in [0.25, 0.3) is 0 Å². The van der Waals surface area contributed by atoms with E-state index in [1.54, 1.807) is 12.1 Å². The molecule has 0 spiro atoms. The highest BCUT2D eigenvalue weighted by molar-refractivity contribution is 5.80. The number of anilines is 1. The van der Waals surface area contributed by atoms with Crippen molar-refractivity contribution in [3.63, 3.8) is 0 Å². The van der Waals surface area contributed by atoms with Crippen LogP contribution in [0.3, 0.4) is 0 Å². The fourth-order valence-corrected chi connectivity index (χ4v) is 3.20. The lowest BCUT2D eigenvalue weighted by Crippen LogP contribution is -2.52. The minimum Gasteiger partial charge on any atom is -0.386 e. The maximum Gasteiger partial charge on any atom is 0.194 e. The molecule has 3 rings (SSSR count). The van der Waals surface area contributed by atoms with E-state index in [4.69, 9.17) is 0 Å². The number of halogens is 1. The lowest BCUT2D eigenvalue weighted by Gasteiger charge is -2.37. The predicted octanol–water partition coefficient (Wildman–Crippen LogP) is 2.65. The molecule has 2 N–H and O–H groups in total.